The second-order valence-corrected chi connectivity index (χ2v) is 5.26. The Bertz CT molecular complexity index is 563. The first-order valence-electron chi connectivity index (χ1n) is 6.30. The Morgan fingerprint density at radius 3 is 2.63 bits per heavy atom. The lowest BCUT2D eigenvalue weighted by Crippen LogP contribution is -2.36. The van der Waals surface area contributed by atoms with E-state index in [9.17, 15) is 14.7 Å². The lowest BCUT2D eigenvalue weighted by atomic mass is 9.82. The zero-order chi connectivity index (χ0) is 13.6. The number of nitrogens with one attached hydrogen (secondary N) is 2. The molecule has 0 aromatic carbocycles. The number of aromatic amines is 1. The molecule has 100 valence electrons. The molecule has 6 heteroatoms. The van der Waals surface area contributed by atoms with E-state index in [1.165, 1.54) is 0 Å². The molecular formula is C13H15N3O3. The van der Waals surface area contributed by atoms with E-state index in [0.29, 0.717) is 5.82 Å². The Labute approximate surface area is 109 Å². The van der Waals surface area contributed by atoms with Crippen LogP contribution in [0.1, 0.15) is 12.0 Å². The number of hydrogen-bond acceptors (Lipinski definition) is 3. The third-order valence-corrected chi connectivity index (χ3v) is 4.12. The van der Waals surface area contributed by atoms with Gasteiger partial charge in [-0.3, -0.25) is 14.7 Å². The number of anilines is 1. The van der Waals surface area contributed by atoms with Crippen molar-refractivity contribution >= 4 is 17.7 Å². The van der Waals surface area contributed by atoms with Gasteiger partial charge in [-0.05, 0) is 25.2 Å². The Morgan fingerprint density at radius 2 is 2.05 bits per heavy atom. The summed E-state index contributed by atoms with van der Waals surface area (Å²) in [5.41, 5.74) is 0.832. The molecule has 2 bridgehead atoms. The maximum absolute atomic E-state index is 12.3. The minimum Gasteiger partial charge on any atom is -0.481 e. The molecule has 3 rings (SSSR count). The Morgan fingerprint density at radius 1 is 1.37 bits per heavy atom. The zero-order valence-electron chi connectivity index (χ0n) is 10.5. The molecule has 6 nitrogen and oxygen atoms in total. The van der Waals surface area contributed by atoms with Crippen molar-refractivity contribution in [2.75, 3.05) is 5.32 Å². The largest absolute Gasteiger partial charge is 0.481 e. The Kier molecular flexibility index (Phi) is 2.66. The van der Waals surface area contributed by atoms with E-state index in [0.717, 1.165) is 12.0 Å². The average molecular weight is 261 g/mol. The Balaban J connectivity index is 1.81. The summed E-state index contributed by atoms with van der Waals surface area (Å²) in [6.45, 7) is 1.83. The molecule has 1 saturated carbocycles. The number of aryl methyl sites for hydroxylation is 1. The van der Waals surface area contributed by atoms with E-state index >= 15 is 0 Å². The summed E-state index contributed by atoms with van der Waals surface area (Å²) in [7, 11) is 0. The normalized spacial score (nSPS) is 31.6. The third-order valence-electron chi connectivity index (χ3n) is 4.12. The van der Waals surface area contributed by atoms with E-state index in [4.69, 9.17) is 0 Å². The molecule has 2 aliphatic rings. The molecular weight excluding hydrogens is 246 g/mol. The monoisotopic (exact) mass is 261 g/mol. The van der Waals surface area contributed by atoms with Gasteiger partial charge in [0.2, 0.25) is 5.91 Å². The zero-order valence-corrected chi connectivity index (χ0v) is 10.5. The van der Waals surface area contributed by atoms with Crippen LogP contribution < -0.4 is 5.32 Å². The van der Waals surface area contributed by atoms with Gasteiger partial charge in [0, 0.05) is 5.56 Å². The molecule has 0 spiro atoms. The molecule has 1 fully saturated rings. The number of carbonyl (C=O) groups is 2. The van der Waals surface area contributed by atoms with E-state index in [-0.39, 0.29) is 17.7 Å². The van der Waals surface area contributed by atoms with Crippen LogP contribution in [0.5, 0.6) is 0 Å². The summed E-state index contributed by atoms with van der Waals surface area (Å²) >= 11 is 0. The first-order valence-corrected chi connectivity index (χ1v) is 6.30. The molecule has 0 aliphatic heterocycles. The number of aliphatic carboxylic acids is 1. The average Bonchev–Trinajstić information content (AvgIpc) is 3.04. The quantitative estimate of drug-likeness (QED) is 0.712. The van der Waals surface area contributed by atoms with Gasteiger partial charge in [-0.2, -0.15) is 5.10 Å². The SMILES string of the molecule is Cc1cn[nH]c1NC(=O)C1C2C=CC(C2)C1C(=O)O. The van der Waals surface area contributed by atoms with Crippen LogP contribution in [0.15, 0.2) is 18.3 Å². The standard InChI is InChI=1S/C13H15N3O3/c1-6-5-14-16-11(6)15-12(17)9-7-2-3-8(4-7)10(9)13(18)19/h2-3,5,7-10H,4H2,1H3,(H,18,19)(H2,14,15,16,17). The molecule has 2 aliphatic carbocycles. The lowest BCUT2D eigenvalue weighted by molar-refractivity contribution is -0.146. The van der Waals surface area contributed by atoms with Crippen LogP contribution in [0.25, 0.3) is 0 Å². The van der Waals surface area contributed by atoms with E-state index in [1.807, 2.05) is 19.1 Å². The minimum atomic E-state index is -0.890. The Hall–Kier alpha value is -2.11. The highest BCUT2D eigenvalue weighted by atomic mass is 16.4. The maximum Gasteiger partial charge on any atom is 0.307 e. The van der Waals surface area contributed by atoms with E-state index < -0.39 is 17.8 Å². The van der Waals surface area contributed by atoms with Gasteiger partial charge in [-0.15, -0.1) is 0 Å². The molecule has 0 radical (unpaired) electrons. The first-order chi connectivity index (χ1) is 9.08. The van der Waals surface area contributed by atoms with Crippen molar-refractivity contribution < 1.29 is 14.7 Å². The van der Waals surface area contributed by atoms with Crippen molar-refractivity contribution in [2.24, 2.45) is 23.7 Å². The third kappa shape index (κ3) is 1.83. The van der Waals surface area contributed by atoms with Gasteiger partial charge < -0.3 is 10.4 Å². The number of fused-ring (bicyclic) bond motifs is 2. The predicted molar refractivity (Wildman–Crippen MR) is 67.3 cm³/mol. The molecule has 4 unspecified atom stereocenters. The molecule has 4 atom stereocenters. The lowest BCUT2D eigenvalue weighted by Gasteiger charge is -2.23. The molecule has 1 aromatic heterocycles. The molecule has 19 heavy (non-hydrogen) atoms. The topological polar surface area (TPSA) is 95.1 Å². The van der Waals surface area contributed by atoms with Crippen molar-refractivity contribution in [3.8, 4) is 0 Å². The van der Waals surface area contributed by atoms with E-state index in [1.54, 1.807) is 6.20 Å². The van der Waals surface area contributed by atoms with Gasteiger partial charge in [-0.25, -0.2) is 0 Å². The molecule has 1 amide bonds. The van der Waals surface area contributed by atoms with Crippen molar-refractivity contribution in [1.29, 1.82) is 0 Å². The maximum atomic E-state index is 12.3. The summed E-state index contributed by atoms with van der Waals surface area (Å²) in [4.78, 5) is 23.7. The van der Waals surface area contributed by atoms with Gasteiger partial charge in [0.05, 0.1) is 18.0 Å². The molecule has 3 N–H and O–H groups in total. The summed E-state index contributed by atoms with van der Waals surface area (Å²) in [6.07, 6.45) is 6.27. The van der Waals surface area contributed by atoms with E-state index in [2.05, 4.69) is 15.5 Å². The van der Waals surface area contributed by atoms with Crippen LogP contribution in [0.2, 0.25) is 0 Å². The number of allylic oxidation sites excluding steroid dienone is 2. The number of rotatable bonds is 3. The number of carbonyl (C=O) groups excluding carboxylic acids is 1. The minimum absolute atomic E-state index is 0.0129. The van der Waals surface area contributed by atoms with Crippen LogP contribution in [0.3, 0.4) is 0 Å². The van der Waals surface area contributed by atoms with Gasteiger partial charge in [-0.1, -0.05) is 12.2 Å². The fourth-order valence-electron chi connectivity index (χ4n) is 3.20. The van der Waals surface area contributed by atoms with Crippen molar-refractivity contribution in [3.05, 3.63) is 23.9 Å². The van der Waals surface area contributed by atoms with Crippen LogP contribution in [0, 0.1) is 30.6 Å². The highest BCUT2D eigenvalue weighted by Gasteiger charge is 2.51. The fraction of sp³-hybridized carbons (Fsp3) is 0.462. The van der Waals surface area contributed by atoms with Gasteiger partial charge in [0.25, 0.3) is 0 Å². The highest BCUT2D eigenvalue weighted by Crippen LogP contribution is 2.48. The van der Waals surface area contributed by atoms with Crippen molar-refractivity contribution in [1.82, 2.24) is 10.2 Å². The van der Waals surface area contributed by atoms with Crippen LogP contribution in [-0.4, -0.2) is 27.2 Å². The number of nitrogens with zero attached hydrogens (tertiary/aromatic N) is 1. The fourth-order valence-corrected chi connectivity index (χ4v) is 3.20. The number of H-pyrrole nitrogens is 1. The summed E-state index contributed by atoms with van der Waals surface area (Å²) in [5, 5.41) is 18.6. The number of carboxylic acid groups (broad SMARTS) is 1. The van der Waals surface area contributed by atoms with Crippen molar-refractivity contribution in [3.63, 3.8) is 0 Å². The molecule has 1 aromatic rings. The van der Waals surface area contributed by atoms with Gasteiger partial charge in [0.1, 0.15) is 5.82 Å². The van der Waals surface area contributed by atoms with Crippen molar-refractivity contribution in [2.45, 2.75) is 13.3 Å². The second-order valence-electron chi connectivity index (χ2n) is 5.26. The van der Waals surface area contributed by atoms with Crippen LogP contribution in [0.4, 0.5) is 5.82 Å². The smallest absolute Gasteiger partial charge is 0.307 e. The number of aromatic nitrogens is 2. The summed E-state index contributed by atoms with van der Waals surface area (Å²) in [5.74, 6) is -1.67. The summed E-state index contributed by atoms with van der Waals surface area (Å²) < 4.78 is 0. The first kappa shape index (κ1) is 12.0. The van der Waals surface area contributed by atoms with Crippen LogP contribution in [-0.2, 0) is 9.59 Å². The number of hydrogen-bond donors (Lipinski definition) is 3. The highest BCUT2D eigenvalue weighted by molar-refractivity contribution is 5.96. The van der Waals surface area contributed by atoms with Crippen LogP contribution >= 0.6 is 0 Å². The van der Waals surface area contributed by atoms with Gasteiger partial charge >= 0.3 is 5.97 Å². The number of amides is 1. The molecule has 1 heterocycles. The predicted octanol–water partition coefficient (Wildman–Crippen LogP) is 1.18. The summed E-state index contributed by atoms with van der Waals surface area (Å²) in [6, 6.07) is 0. The number of carboxylic acids is 1. The second kappa shape index (κ2) is 4.22. The molecule has 0 saturated heterocycles. The van der Waals surface area contributed by atoms with Gasteiger partial charge in [0.15, 0.2) is 0 Å².